The van der Waals surface area contributed by atoms with E-state index in [1.807, 2.05) is 30.0 Å². The Kier molecular flexibility index (Phi) is 6.51. The summed E-state index contributed by atoms with van der Waals surface area (Å²) >= 11 is 1.85. The Balaban J connectivity index is 1.67. The normalized spacial score (nSPS) is 17.4. The number of hydrogen-bond acceptors (Lipinski definition) is 4. The van der Waals surface area contributed by atoms with Crippen LogP contribution in [0, 0.1) is 0 Å². The molecule has 0 bridgehead atoms. The van der Waals surface area contributed by atoms with E-state index in [2.05, 4.69) is 16.6 Å². The van der Waals surface area contributed by atoms with Crippen molar-refractivity contribution in [1.29, 1.82) is 0 Å². The van der Waals surface area contributed by atoms with Gasteiger partial charge in [-0.1, -0.05) is 6.07 Å². The molecule has 1 saturated heterocycles. The van der Waals surface area contributed by atoms with Gasteiger partial charge < -0.3 is 10.1 Å². The van der Waals surface area contributed by atoms with Crippen molar-refractivity contribution in [3.05, 3.63) is 30.1 Å². The number of pyridine rings is 1. The van der Waals surface area contributed by atoms with Crippen LogP contribution in [-0.2, 0) is 16.0 Å². The maximum Gasteiger partial charge on any atom is 0.220 e. The van der Waals surface area contributed by atoms with Crippen molar-refractivity contribution in [3.8, 4) is 0 Å². The van der Waals surface area contributed by atoms with Crippen LogP contribution in [-0.4, -0.2) is 41.7 Å². The molecule has 1 aliphatic heterocycles. The maximum absolute atomic E-state index is 12.0. The molecule has 116 valence electrons. The van der Waals surface area contributed by atoms with E-state index in [1.165, 1.54) is 0 Å². The first kappa shape index (κ1) is 16.3. The number of ether oxygens (including phenoxy) is 1. The van der Waals surface area contributed by atoms with Crippen LogP contribution in [0.5, 0.6) is 0 Å². The number of aryl methyl sites for hydroxylation is 1. The van der Waals surface area contributed by atoms with Gasteiger partial charge in [0.1, 0.15) is 0 Å². The number of thioether (sulfide) groups is 1. The molecule has 1 fully saturated rings. The summed E-state index contributed by atoms with van der Waals surface area (Å²) in [7, 11) is 0. The lowest BCUT2D eigenvalue weighted by atomic mass is 9.99. The minimum absolute atomic E-state index is 0.144. The smallest absolute Gasteiger partial charge is 0.220 e. The number of rotatable bonds is 7. The molecular formula is C16H24N2O2S. The number of amides is 1. The standard InChI is InChI=1S/C16H24N2O2S/c1-21-16(8-11-20-12-9-16)13-18-15(19)7-4-6-14-5-2-3-10-17-14/h2-3,5,10H,4,6-9,11-13H2,1H3,(H,18,19). The molecule has 0 atom stereocenters. The maximum atomic E-state index is 12.0. The van der Waals surface area contributed by atoms with Gasteiger partial charge in [0.05, 0.1) is 0 Å². The van der Waals surface area contributed by atoms with Gasteiger partial charge in [-0.2, -0.15) is 11.8 Å². The monoisotopic (exact) mass is 308 g/mol. The van der Waals surface area contributed by atoms with Crippen molar-refractivity contribution in [1.82, 2.24) is 10.3 Å². The summed E-state index contributed by atoms with van der Waals surface area (Å²) in [4.78, 5) is 16.2. The second-order valence-electron chi connectivity index (χ2n) is 5.45. The Morgan fingerprint density at radius 3 is 2.90 bits per heavy atom. The van der Waals surface area contributed by atoms with Crippen LogP contribution in [0.3, 0.4) is 0 Å². The molecule has 21 heavy (non-hydrogen) atoms. The second-order valence-corrected chi connectivity index (χ2v) is 6.73. The number of nitrogens with one attached hydrogen (secondary N) is 1. The van der Waals surface area contributed by atoms with Gasteiger partial charge >= 0.3 is 0 Å². The zero-order valence-corrected chi connectivity index (χ0v) is 13.5. The number of aromatic nitrogens is 1. The molecule has 0 unspecified atom stereocenters. The second kappa shape index (κ2) is 8.39. The Hall–Kier alpha value is -1.07. The fraction of sp³-hybridized carbons (Fsp3) is 0.625. The van der Waals surface area contributed by atoms with Gasteiger partial charge in [0.2, 0.25) is 5.91 Å². The molecule has 1 aliphatic rings. The first-order valence-corrected chi connectivity index (χ1v) is 8.76. The molecule has 1 amide bonds. The molecule has 2 rings (SSSR count). The highest BCUT2D eigenvalue weighted by molar-refractivity contribution is 8.00. The van der Waals surface area contributed by atoms with Crippen LogP contribution in [0.2, 0.25) is 0 Å². The van der Waals surface area contributed by atoms with Gasteiger partial charge in [0.15, 0.2) is 0 Å². The van der Waals surface area contributed by atoms with Crippen molar-refractivity contribution < 1.29 is 9.53 Å². The van der Waals surface area contributed by atoms with E-state index >= 15 is 0 Å². The highest BCUT2D eigenvalue weighted by Crippen LogP contribution is 2.32. The lowest BCUT2D eigenvalue weighted by molar-refractivity contribution is -0.121. The van der Waals surface area contributed by atoms with Crippen molar-refractivity contribution in [2.45, 2.75) is 36.9 Å². The largest absolute Gasteiger partial charge is 0.381 e. The lowest BCUT2D eigenvalue weighted by Gasteiger charge is -2.35. The van der Waals surface area contributed by atoms with Gasteiger partial charge in [-0.25, -0.2) is 0 Å². The summed E-state index contributed by atoms with van der Waals surface area (Å²) in [5, 5.41) is 3.09. The van der Waals surface area contributed by atoms with Crippen molar-refractivity contribution in [2.24, 2.45) is 0 Å². The molecule has 4 nitrogen and oxygen atoms in total. The van der Waals surface area contributed by atoms with E-state index in [0.29, 0.717) is 6.42 Å². The molecule has 5 heteroatoms. The number of carbonyl (C=O) groups is 1. The quantitative estimate of drug-likeness (QED) is 0.840. The van der Waals surface area contributed by atoms with Gasteiger partial charge in [0, 0.05) is 42.8 Å². The third-order valence-electron chi connectivity index (χ3n) is 4.01. The Morgan fingerprint density at radius 2 is 2.24 bits per heavy atom. The average molecular weight is 308 g/mol. The zero-order valence-electron chi connectivity index (χ0n) is 12.6. The molecule has 0 aromatic carbocycles. The third kappa shape index (κ3) is 5.32. The van der Waals surface area contributed by atoms with Gasteiger partial charge in [-0.15, -0.1) is 0 Å². The molecule has 0 radical (unpaired) electrons. The third-order valence-corrected chi connectivity index (χ3v) is 5.43. The lowest BCUT2D eigenvalue weighted by Crippen LogP contribution is -2.44. The minimum Gasteiger partial charge on any atom is -0.381 e. The van der Waals surface area contributed by atoms with Crippen LogP contribution in [0.4, 0.5) is 0 Å². The molecule has 1 N–H and O–H groups in total. The number of carbonyl (C=O) groups excluding carboxylic acids is 1. The summed E-state index contributed by atoms with van der Waals surface area (Å²) < 4.78 is 5.58. The van der Waals surface area contributed by atoms with Gasteiger partial charge in [-0.3, -0.25) is 9.78 Å². The fourth-order valence-corrected chi connectivity index (χ4v) is 3.31. The molecule has 1 aromatic heterocycles. The number of hydrogen-bond donors (Lipinski definition) is 1. The predicted molar refractivity (Wildman–Crippen MR) is 86.5 cm³/mol. The van der Waals surface area contributed by atoms with E-state index in [0.717, 1.165) is 51.1 Å². The SMILES string of the molecule is CSC1(CNC(=O)CCCc2ccccn2)CCOCC1. The molecule has 0 saturated carbocycles. The summed E-state index contributed by atoms with van der Waals surface area (Å²) in [6.07, 6.45) is 8.22. The first-order chi connectivity index (χ1) is 10.2. The molecule has 1 aromatic rings. The van der Waals surface area contributed by atoms with Crippen LogP contribution < -0.4 is 5.32 Å². The predicted octanol–water partition coefficient (Wildman–Crippen LogP) is 2.43. The minimum atomic E-state index is 0.144. The summed E-state index contributed by atoms with van der Waals surface area (Å²) in [6, 6.07) is 5.89. The summed E-state index contributed by atoms with van der Waals surface area (Å²) in [5.74, 6) is 0.144. The molecule has 0 spiro atoms. The van der Waals surface area contributed by atoms with Crippen LogP contribution >= 0.6 is 11.8 Å². The molecule has 0 aliphatic carbocycles. The molecular weight excluding hydrogens is 284 g/mol. The van der Waals surface area contributed by atoms with Gasteiger partial charge in [-0.05, 0) is 44.1 Å². The van der Waals surface area contributed by atoms with E-state index in [-0.39, 0.29) is 10.7 Å². The van der Waals surface area contributed by atoms with Crippen molar-refractivity contribution in [2.75, 3.05) is 26.0 Å². The Labute approximate surface area is 131 Å². The van der Waals surface area contributed by atoms with E-state index in [1.54, 1.807) is 6.20 Å². The van der Waals surface area contributed by atoms with E-state index in [4.69, 9.17) is 4.74 Å². The van der Waals surface area contributed by atoms with Crippen molar-refractivity contribution >= 4 is 17.7 Å². The fourth-order valence-electron chi connectivity index (χ4n) is 2.52. The van der Waals surface area contributed by atoms with E-state index < -0.39 is 0 Å². The van der Waals surface area contributed by atoms with E-state index in [9.17, 15) is 4.79 Å². The zero-order chi connectivity index (χ0) is 15.0. The highest BCUT2D eigenvalue weighted by atomic mass is 32.2. The number of nitrogens with zero attached hydrogens (tertiary/aromatic N) is 1. The van der Waals surface area contributed by atoms with Crippen LogP contribution in [0.25, 0.3) is 0 Å². The van der Waals surface area contributed by atoms with Crippen molar-refractivity contribution in [3.63, 3.8) is 0 Å². The Morgan fingerprint density at radius 1 is 1.43 bits per heavy atom. The first-order valence-electron chi connectivity index (χ1n) is 7.54. The average Bonchev–Trinajstić information content (AvgIpc) is 2.55. The topological polar surface area (TPSA) is 51.2 Å². The summed E-state index contributed by atoms with van der Waals surface area (Å²) in [6.45, 7) is 2.35. The summed E-state index contributed by atoms with van der Waals surface area (Å²) in [5.41, 5.74) is 1.05. The molecule has 2 heterocycles. The van der Waals surface area contributed by atoms with Gasteiger partial charge in [0.25, 0.3) is 0 Å². The highest BCUT2D eigenvalue weighted by Gasteiger charge is 2.31. The van der Waals surface area contributed by atoms with Crippen LogP contribution in [0.1, 0.15) is 31.4 Å². The van der Waals surface area contributed by atoms with Crippen LogP contribution in [0.15, 0.2) is 24.4 Å². The Bertz CT molecular complexity index is 433.